The number of rotatable bonds is 6. The molecule has 1 heterocycles. The van der Waals surface area contributed by atoms with E-state index in [0.717, 1.165) is 15.7 Å². The average Bonchev–Trinajstić information content (AvgIpc) is 3.19. The van der Waals surface area contributed by atoms with E-state index >= 15 is 0 Å². The zero-order valence-electron chi connectivity index (χ0n) is 15.0. The van der Waals surface area contributed by atoms with E-state index in [9.17, 15) is 10.1 Å². The first-order valence-electron chi connectivity index (χ1n) is 8.47. The maximum absolute atomic E-state index is 12.1. The van der Waals surface area contributed by atoms with Gasteiger partial charge in [0.2, 0.25) is 0 Å². The normalized spacial score (nSPS) is 11.0. The molecule has 5 nitrogen and oxygen atoms in total. The summed E-state index contributed by atoms with van der Waals surface area (Å²) in [7, 11) is 0. The molecular formula is C21H16BrN3O2S. The number of hydrogen-bond acceptors (Lipinski definition) is 6. The second kappa shape index (κ2) is 9.31. The largest absolute Gasteiger partial charge is 0.462 e. The van der Waals surface area contributed by atoms with Crippen molar-refractivity contribution in [2.75, 3.05) is 11.9 Å². The number of benzene rings is 2. The number of anilines is 1. The molecule has 1 N–H and O–H groups in total. The van der Waals surface area contributed by atoms with Crippen LogP contribution in [0.3, 0.4) is 0 Å². The van der Waals surface area contributed by atoms with Gasteiger partial charge in [0, 0.05) is 21.6 Å². The Balaban J connectivity index is 1.85. The number of halogens is 1. The van der Waals surface area contributed by atoms with Crippen molar-refractivity contribution in [2.45, 2.75) is 6.92 Å². The Kier molecular flexibility index (Phi) is 6.58. The number of nitrogens with one attached hydrogen (secondary N) is 1. The molecule has 0 aliphatic rings. The monoisotopic (exact) mass is 453 g/mol. The summed E-state index contributed by atoms with van der Waals surface area (Å²) in [6, 6.07) is 17.0. The van der Waals surface area contributed by atoms with Crippen molar-refractivity contribution in [3.8, 4) is 17.3 Å². The van der Waals surface area contributed by atoms with Crippen molar-refractivity contribution in [1.29, 1.82) is 5.26 Å². The van der Waals surface area contributed by atoms with E-state index in [-0.39, 0.29) is 0 Å². The molecule has 0 unspecified atom stereocenters. The van der Waals surface area contributed by atoms with Gasteiger partial charge in [0.05, 0.1) is 23.6 Å². The molecule has 0 bridgehead atoms. The number of para-hydroxylation sites is 1. The van der Waals surface area contributed by atoms with Gasteiger partial charge in [0.15, 0.2) is 0 Å². The zero-order chi connectivity index (χ0) is 19.9. The van der Waals surface area contributed by atoms with Crippen molar-refractivity contribution in [3.05, 3.63) is 75.2 Å². The van der Waals surface area contributed by atoms with E-state index in [1.807, 2.05) is 29.6 Å². The number of carbonyl (C=O) groups excluding carboxylic acids is 1. The molecule has 1 aromatic heterocycles. The van der Waals surface area contributed by atoms with Gasteiger partial charge in [-0.15, -0.1) is 11.3 Å². The lowest BCUT2D eigenvalue weighted by Gasteiger charge is -2.08. The number of thiazole rings is 1. The van der Waals surface area contributed by atoms with Crippen molar-refractivity contribution in [1.82, 2.24) is 4.98 Å². The predicted molar refractivity (Wildman–Crippen MR) is 115 cm³/mol. The van der Waals surface area contributed by atoms with Crippen LogP contribution < -0.4 is 5.32 Å². The van der Waals surface area contributed by atoms with Gasteiger partial charge in [-0.25, -0.2) is 9.78 Å². The van der Waals surface area contributed by atoms with Crippen molar-refractivity contribution >= 4 is 44.5 Å². The van der Waals surface area contributed by atoms with Crippen LogP contribution in [0.2, 0.25) is 0 Å². The molecule has 0 aliphatic heterocycles. The van der Waals surface area contributed by atoms with E-state index in [1.54, 1.807) is 37.4 Å². The SMILES string of the molecule is CCOC(=O)c1ccccc1N/C=C(\C#N)c1nc(-c2cccc(Br)c2)cs1. The Morgan fingerprint density at radius 3 is 2.89 bits per heavy atom. The molecule has 0 amide bonds. The minimum Gasteiger partial charge on any atom is -0.462 e. The molecule has 0 saturated heterocycles. The average molecular weight is 454 g/mol. The maximum atomic E-state index is 12.1. The standard InChI is InChI=1S/C21H16BrN3O2S/c1-2-27-21(26)17-8-3-4-9-18(17)24-12-15(11-23)20-25-19(13-28-20)14-6-5-7-16(22)10-14/h3-10,12-13,24H,2H2,1H3/b15-12+. The Hall–Kier alpha value is -2.95. The van der Waals surface area contributed by atoms with Crippen LogP contribution in [0.15, 0.2) is 64.6 Å². The summed E-state index contributed by atoms with van der Waals surface area (Å²) < 4.78 is 6.04. The first-order valence-corrected chi connectivity index (χ1v) is 10.1. The van der Waals surface area contributed by atoms with Crippen LogP contribution in [0.25, 0.3) is 16.8 Å². The maximum Gasteiger partial charge on any atom is 0.340 e. The fourth-order valence-corrected chi connectivity index (χ4v) is 3.66. The lowest BCUT2D eigenvalue weighted by molar-refractivity contribution is 0.0527. The van der Waals surface area contributed by atoms with E-state index in [2.05, 4.69) is 32.3 Å². The molecule has 0 atom stereocenters. The van der Waals surface area contributed by atoms with E-state index < -0.39 is 5.97 Å². The summed E-state index contributed by atoms with van der Waals surface area (Å²) in [6.45, 7) is 2.05. The van der Waals surface area contributed by atoms with Gasteiger partial charge in [0.25, 0.3) is 0 Å². The number of esters is 1. The van der Waals surface area contributed by atoms with Crippen molar-refractivity contribution < 1.29 is 9.53 Å². The second-order valence-corrected chi connectivity index (χ2v) is 7.40. The Morgan fingerprint density at radius 1 is 1.32 bits per heavy atom. The molecule has 0 radical (unpaired) electrons. The molecule has 0 spiro atoms. The Labute approximate surface area is 175 Å². The third kappa shape index (κ3) is 4.66. The molecule has 0 saturated carbocycles. The highest BCUT2D eigenvalue weighted by Crippen LogP contribution is 2.28. The van der Waals surface area contributed by atoms with Crippen LogP contribution in [0.5, 0.6) is 0 Å². The topological polar surface area (TPSA) is 75.0 Å². The molecule has 3 rings (SSSR count). The number of nitriles is 1. The number of nitrogens with zero attached hydrogens (tertiary/aromatic N) is 2. The van der Waals surface area contributed by atoms with Gasteiger partial charge in [-0.05, 0) is 31.2 Å². The molecule has 7 heteroatoms. The highest BCUT2D eigenvalue weighted by atomic mass is 79.9. The first kappa shape index (κ1) is 19.8. The van der Waals surface area contributed by atoms with E-state index in [4.69, 9.17) is 4.74 Å². The minimum absolute atomic E-state index is 0.296. The van der Waals surface area contributed by atoms with E-state index in [1.165, 1.54) is 11.3 Å². The molecule has 0 aliphatic carbocycles. The Bertz CT molecular complexity index is 1070. The van der Waals surface area contributed by atoms with Crippen LogP contribution in [0.4, 0.5) is 5.69 Å². The first-order chi connectivity index (χ1) is 13.6. The predicted octanol–water partition coefficient (Wildman–Crippen LogP) is 5.73. The molecule has 0 fully saturated rings. The third-order valence-corrected chi connectivity index (χ3v) is 5.14. The van der Waals surface area contributed by atoms with Crippen LogP contribution in [-0.2, 0) is 4.74 Å². The van der Waals surface area contributed by atoms with Crippen LogP contribution in [-0.4, -0.2) is 17.6 Å². The number of aromatic nitrogens is 1. The number of hydrogen-bond donors (Lipinski definition) is 1. The van der Waals surface area contributed by atoms with Gasteiger partial charge in [-0.2, -0.15) is 5.26 Å². The summed E-state index contributed by atoms with van der Waals surface area (Å²) in [5, 5.41) is 15.1. The summed E-state index contributed by atoms with van der Waals surface area (Å²) >= 11 is 4.84. The smallest absolute Gasteiger partial charge is 0.340 e. The van der Waals surface area contributed by atoms with Crippen LogP contribution in [0.1, 0.15) is 22.3 Å². The quantitative estimate of drug-likeness (QED) is 0.381. The minimum atomic E-state index is -0.413. The van der Waals surface area contributed by atoms with Gasteiger partial charge >= 0.3 is 5.97 Å². The molecular weight excluding hydrogens is 438 g/mol. The fourth-order valence-electron chi connectivity index (χ4n) is 2.47. The number of ether oxygens (including phenoxy) is 1. The van der Waals surface area contributed by atoms with Crippen LogP contribution in [0, 0.1) is 11.3 Å². The van der Waals surface area contributed by atoms with Crippen molar-refractivity contribution in [3.63, 3.8) is 0 Å². The molecule has 2 aromatic carbocycles. The Morgan fingerprint density at radius 2 is 2.14 bits per heavy atom. The number of allylic oxidation sites excluding steroid dienone is 1. The lowest BCUT2D eigenvalue weighted by Crippen LogP contribution is -2.07. The van der Waals surface area contributed by atoms with Gasteiger partial charge < -0.3 is 10.1 Å². The molecule has 28 heavy (non-hydrogen) atoms. The highest BCUT2D eigenvalue weighted by molar-refractivity contribution is 9.10. The van der Waals surface area contributed by atoms with Crippen molar-refractivity contribution in [2.24, 2.45) is 0 Å². The molecule has 140 valence electrons. The summed E-state index contributed by atoms with van der Waals surface area (Å²) in [5.74, 6) is -0.413. The fraction of sp³-hybridized carbons (Fsp3) is 0.0952. The van der Waals surface area contributed by atoms with Gasteiger partial charge in [-0.3, -0.25) is 0 Å². The zero-order valence-corrected chi connectivity index (χ0v) is 17.4. The summed E-state index contributed by atoms with van der Waals surface area (Å²) in [5.41, 5.74) is 3.12. The van der Waals surface area contributed by atoms with Gasteiger partial charge in [0.1, 0.15) is 16.6 Å². The summed E-state index contributed by atoms with van der Waals surface area (Å²) in [6.07, 6.45) is 1.56. The molecule has 3 aromatic rings. The van der Waals surface area contributed by atoms with Crippen LogP contribution >= 0.6 is 27.3 Å². The third-order valence-electron chi connectivity index (χ3n) is 3.77. The van der Waals surface area contributed by atoms with Gasteiger partial charge in [-0.1, -0.05) is 40.2 Å². The highest BCUT2D eigenvalue weighted by Gasteiger charge is 2.13. The second-order valence-electron chi connectivity index (χ2n) is 5.63. The number of carbonyl (C=O) groups is 1. The summed E-state index contributed by atoms with van der Waals surface area (Å²) in [4.78, 5) is 16.6. The lowest BCUT2D eigenvalue weighted by atomic mass is 10.1. The van der Waals surface area contributed by atoms with E-state index in [0.29, 0.717) is 28.4 Å².